The average Bonchev–Trinajstić information content (AvgIpc) is 3.48. The summed E-state index contributed by atoms with van der Waals surface area (Å²) in [5.41, 5.74) is 4.57. The summed E-state index contributed by atoms with van der Waals surface area (Å²) in [4.78, 5) is 47.9. The lowest BCUT2D eigenvalue weighted by Gasteiger charge is -2.34. The van der Waals surface area contributed by atoms with Gasteiger partial charge in [-0.15, -0.1) is 0 Å². The van der Waals surface area contributed by atoms with Crippen molar-refractivity contribution in [2.45, 2.75) is 51.1 Å². The van der Waals surface area contributed by atoms with Gasteiger partial charge in [-0.3, -0.25) is 9.59 Å². The number of piperidine rings is 1. The third-order valence-electron chi connectivity index (χ3n) is 8.72. The first-order valence-corrected chi connectivity index (χ1v) is 15.9. The molecule has 0 bridgehead atoms. The van der Waals surface area contributed by atoms with Crippen LogP contribution in [0.15, 0.2) is 72.9 Å². The van der Waals surface area contributed by atoms with Crippen LogP contribution in [0.5, 0.6) is 0 Å². The number of halogens is 1. The number of benzene rings is 3. The first-order valence-electron chi connectivity index (χ1n) is 15.9. The summed E-state index contributed by atoms with van der Waals surface area (Å²) in [6, 6.07) is 18.6. The Hall–Kier alpha value is -4.70. The van der Waals surface area contributed by atoms with Gasteiger partial charge in [0.15, 0.2) is 0 Å². The number of aromatic nitrogens is 1. The van der Waals surface area contributed by atoms with Crippen molar-refractivity contribution in [3.63, 3.8) is 0 Å². The highest BCUT2D eigenvalue weighted by Gasteiger charge is 2.33. The molecule has 242 valence electrons. The summed E-state index contributed by atoms with van der Waals surface area (Å²) < 4.78 is 13.4. The fraction of sp³-hybridized carbons (Fsp3) is 0.361. The molecule has 4 amide bonds. The lowest BCUT2D eigenvalue weighted by atomic mass is 9.89. The second-order valence-corrected chi connectivity index (χ2v) is 12.3. The van der Waals surface area contributed by atoms with Crippen LogP contribution in [0.4, 0.5) is 14.9 Å². The molecule has 5 rings (SSSR count). The van der Waals surface area contributed by atoms with E-state index < -0.39 is 17.9 Å². The third-order valence-corrected chi connectivity index (χ3v) is 8.72. The molecular formula is C36H43FN6O3. The summed E-state index contributed by atoms with van der Waals surface area (Å²) in [6.45, 7) is 5.86. The molecule has 1 aromatic heterocycles. The molecule has 3 aromatic carbocycles. The number of likely N-dealkylation sites (tertiary alicyclic amines) is 1. The number of urea groups is 1. The Morgan fingerprint density at radius 3 is 2.43 bits per heavy atom. The van der Waals surface area contributed by atoms with Crippen molar-refractivity contribution in [2.24, 2.45) is 0 Å². The van der Waals surface area contributed by atoms with Crippen molar-refractivity contribution in [1.29, 1.82) is 0 Å². The maximum Gasteiger partial charge on any atom is 0.318 e. The zero-order valence-corrected chi connectivity index (χ0v) is 26.9. The van der Waals surface area contributed by atoms with E-state index in [0.29, 0.717) is 37.4 Å². The van der Waals surface area contributed by atoms with Crippen molar-refractivity contribution in [3.8, 4) is 0 Å². The van der Waals surface area contributed by atoms with Crippen LogP contribution in [0, 0.1) is 5.82 Å². The molecule has 1 aliphatic rings. The molecule has 0 aliphatic carbocycles. The van der Waals surface area contributed by atoms with Gasteiger partial charge in [0.05, 0.1) is 11.3 Å². The topological polar surface area (TPSA) is 110 Å². The maximum absolute atomic E-state index is 14.2. The van der Waals surface area contributed by atoms with Crippen LogP contribution in [0.1, 0.15) is 65.6 Å². The highest BCUT2D eigenvalue weighted by molar-refractivity contribution is 6.06. The van der Waals surface area contributed by atoms with Gasteiger partial charge in [0, 0.05) is 49.2 Å². The Morgan fingerprint density at radius 2 is 1.74 bits per heavy atom. The Balaban J connectivity index is 1.40. The monoisotopic (exact) mass is 626 g/mol. The summed E-state index contributed by atoms with van der Waals surface area (Å²) >= 11 is 0. The maximum atomic E-state index is 14.2. The molecule has 9 nitrogen and oxygen atoms in total. The zero-order valence-electron chi connectivity index (χ0n) is 26.9. The predicted molar refractivity (Wildman–Crippen MR) is 179 cm³/mol. The molecule has 1 saturated heterocycles. The van der Waals surface area contributed by atoms with Crippen LogP contribution in [0.2, 0.25) is 0 Å². The van der Waals surface area contributed by atoms with Gasteiger partial charge in [-0.1, -0.05) is 43.3 Å². The molecule has 2 atom stereocenters. The predicted octanol–water partition coefficient (Wildman–Crippen LogP) is 5.82. The van der Waals surface area contributed by atoms with E-state index in [1.54, 1.807) is 11.0 Å². The number of hydrogen-bond acceptors (Lipinski definition) is 4. The Bertz CT molecular complexity index is 1680. The highest BCUT2D eigenvalue weighted by Crippen LogP contribution is 2.31. The molecule has 2 heterocycles. The van der Waals surface area contributed by atoms with Gasteiger partial charge in [-0.05, 0) is 86.8 Å². The first-order chi connectivity index (χ1) is 22.1. The van der Waals surface area contributed by atoms with Crippen LogP contribution in [-0.4, -0.2) is 72.4 Å². The highest BCUT2D eigenvalue weighted by atomic mass is 19.1. The van der Waals surface area contributed by atoms with E-state index in [4.69, 9.17) is 0 Å². The fourth-order valence-electron chi connectivity index (χ4n) is 6.27. The molecule has 10 heteroatoms. The van der Waals surface area contributed by atoms with Gasteiger partial charge in [0.1, 0.15) is 11.9 Å². The summed E-state index contributed by atoms with van der Waals surface area (Å²) in [5.74, 6) is -1.15. The lowest BCUT2D eigenvalue weighted by molar-refractivity contribution is -0.118. The van der Waals surface area contributed by atoms with Crippen molar-refractivity contribution < 1.29 is 18.8 Å². The fourth-order valence-corrected chi connectivity index (χ4v) is 6.27. The minimum absolute atomic E-state index is 0.232. The van der Waals surface area contributed by atoms with E-state index >= 15 is 0 Å². The molecule has 0 saturated carbocycles. The second-order valence-electron chi connectivity index (χ2n) is 12.3. The van der Waals surface area contributed by atoms with Gasteiger partial charge in [0.25, 0.3) is 5.91 Å². The SMILES string of the molecule is CCNC(=O)c1ccc(CN(C)C)cc1NC(=O)[C@H](NC(=O)N1CCC(c2ccc(F)cc2)CC1)[C@@H](C)c1c[nH]c2ccccc12. The van der Waals surface area contributed by atoms with Gasteiger partial charge in [-0.2, -0.15) is 0 Å². The second kappa shape index (κ2) is 14.6. The number of H-pyrrole nitrogens is 1. The molecule has 1 aliphatic heterocycles. The number of hydrogen-bond donors (Lipinski definition) is 4. The van der Waals surface area contributed by atoms with E-state index in [9.17, 15) is 18.8 Å². The standard InChI is InChI=1S/C36H43FN6O3/c1-5-38-34(44)29-15-10-24(22-42(3)4)20-32(29)40-35(45)33(23(2)30-21-39-31-9-7-6-8-28(30)31)41-36(46)43-18-16-26(17-19-43)25-11-13-27(37)14-12-25/h6-15,20-21,23,26,33,39H,5,16-19,22H2,1-4H3,(H,38,44)(H,40,45)(H,41,46)/t23-,33+/m0/s1. The van der Waals surface area contributed by atoms with E-state index in [0.717, 1.165) is 40.4 Å². The Morgan fingerprint density at radius 1 is 1.02 bits per heavy atom. The minimum Gasteiger partial charge on any atom is -0.361 e. The van der Waals surface area contributed by atoms with E-state index in [1.165, 1.54) is 12.1 Å². The van der Waals surface area contributed by atoms with Crippen LogP contribution in [-0.2, 0) is 11.3 Å². The third kappa shape index (κ3) is 7.56. The first kappa shape index (κ1) is 32.7. The van der Waals surface area contributed by atoms with Crippen LogP contribution >= 0.6 is 0 Å². The van der Waals surface area contributed by atoms with Gasteiger partial charge in [0.2, 0.25) is 5.91 Å². The van der Waals surface area contributed by atoms with Crippen LogP contribution in [0.25, 0.3) is 10.9 Å². The molecule has 0 radical (unpaired) electrons. The number of para-hydroxylation sites is 1. The molecule has 1 fully saturated rings. The number of carbonyl (C=O) groups excluding carboxylic acids is 3. The average molecular weight is 627 g/mol. The minimum atomic E-state index is -0.943. The molecule has 0 spiro atoms. The van der Waals surface area contributed by atoms with Gasteiger partial charge >= 0.3 is 6.03 Å². The quantitative estimate of drug-likeness (QED) is 0.178. The molecule has 0 unspecified atom stereocenters. The van der Waals surface area contributed by atoms with E-state index in [1.807, 2.05) is 87.6 Å². The van der Waals surface area contributed by atoms with Crippen LogP contribution in [0.3, 0.4) is 0 Å². The Labute approximate surface area is 269 Å². The summed E-state index contributed by atoms with van der Waals surface area (Å²) in [7, 11) is 3.90. The number of amides is 4. The summed E-state index contributed by atoms with van der Waals surface area (Å²) in [6.07, 6.45) is 3.36. The van der Waals surface area contributed by atoms with E-state index in [-0.39, 0.29) is 23.7 Å². The van der Waals surface area contributed by atoms with Crippen molar-refractivity contribution >= 4 is 34.4 Å². The number of fused-ring (bicyclic) bond motifs is 1. The number of aromatic amines is 1. The zero-order chi connectivity index (χ0) is 32.8. The molecule has 46 heavy (non-hydrogen) atoms. The largest absolute Gasteiger partial charge is 0.361 e. The van der Waals surface area contributed by atoms with Gasteiger partial charge < -0.3 is 30.7 Å². The number of anilines is 1. The van der Waals surface area contributed by atoms with E-state index in [2.05, 4.69) is 20.9 Å². The smallest absolute Gasteiger partial charge is 0.318 e. The molecular weight excluding hydrogens is 583 g/mol. The number of nitrogens with zero attached hydrogens (tertiary/aromatic N) is 2. The van der Waals surface area contributed by atoms with Gasteiger partial charge in [-0.25, -0.2) is 9.18 Å². The van der Waals surface area contributed by atoms with Crippen molar-refractivity contribution in [1.82, 2.24) is 25.4 Å². The number of nitrogens with one attached hydrogen (secondary N) is 4. The lowest BCUT2D eigenvalue weighted by Crippen LogP contribution is -2.53. The van der Waals surface area contributed by atoms with Crippen LogP contribution < -0.4 is 16.0 Å². The number of carbonyl (C=O) groups is 3. The summed E-state index contributed by atoms with van der Waals surface area (Å²) in [5, 5.41) is 9.84. The molecule has 4 N–H and O–H groups in total. The molecule has 4 aromatic rings. The normalized spacial score (nSPS) is 15.0. The Kier molecular flexibility index (Phi) is 10.4. The number of rotatable bonds is 10. The van der Waals surface area contributed by atoms with Crippen molar-refractivity contribution in [3.05, 3.63) is 101 Å². The van der Waals surface area contributed by atoms with Crippen molar-refractivity contribution in [2.75, 3.05) is 39.0 Å².